The van der Waals surface area contributed by atoms with Gasteiger partial charge in [-0.25, -0.2) is 0 Å². The number of likely N-dealkylation sites (tertiary alicyclic amines) is 1. The highest BCUT2D eigenvalue weighted by Gasteiger charge is 2.21. The van der Waals surface area contributed by atoms with E-state index >= 15 is 0 Å². The molecule has 2 atom stereocenters. The van der Waals surface area contributed by atoms with E-state index < -0.39 is 0 Å². The number of ether oxygens (including phenoxy) is 1. The summed E-state index contributed by atoms with van der Waals surface area (Å²) in [5.41, 5.74) is 0. The fourth-order valence-corrected chi connectivity index (χ4v) is 2.97. The number of aliphatic imine (C=N–C) groups is 1. The number of hydrogen-bond donors (Lipinski definition) is 1. The van der Waals surface area contributed by atoms with Crippen LogP contribution in [-0.2, 0) is 4.74 Å². The number of rotatable bonds is 3. The third-order valence-corrected chi connectivity index (χ3v) is 4.08. The number of guanidine groups is 1. The van der Waals surface area contributed by atoms with Crippen molar-refractivity contribution in [2.24, 2.45) is 10.9 Å². The highest BCUT2D eigenvalue weighted by molar-refractivity contribution is 14.0. The molecule has 21 heavy (non-hydrogen) atoms. The van der Waals surface area contributed by atoms with Gasteiger partial charge < -0.3 is 19.9 Å². The lowest BCUT2D eigenvalue weighted by Crippen LogP contribution is -2.47. The monoisotopic (exact) mass is 410 g/mol. The quantitative estimate of drug-likeness (QED) is 0.436. The zero-order valence-electron chi connectivity index (χ0n) is 13.7. The Labute approximate surface area is 146 Å². The summed E-state index contributed by atoms with van der Waals surface area (Å²) in [6.45, 7) is 11.2. The molecule has 1 N–H and O–H groups in total. The molecule has 2 unspecified atom stereocenters. The smallest absolute Gasteiger partial charge is 0.194 e. The van der Waals surface area contributed by atoms with E-state index in [0.717, 1.165) is 57.8 Å². The molecule has 0 aromatic heterocycles. The molecule has 0 aromatic rings. The predicted molar refractivity (Wildman–Crippen MR) is 98.6 cm³/mol. The van der Waals surface area contributed by atoms with E-state index in [4.69, 9.17) is 9.73 Å². The predicted octanol–water partition coefficient (Wildman–Crippen LogP) is 1.63. The van der Waals surface area contributed by atoms with Gasteiger partial charge in [-0.05, 0) is 32.7 Å². The van der Waals surface area contributed by atoms with Crippen LogP contribution >= 0.6 is 24.0 Å². The summed E-state index contributed by atoms with van der Waals surface area (Å²) in [7, 11) is 2.15. The van der Waals surface area contributed by atoms with Crippen LogP contribution in [0.3, 0.4) is 0 Å². The summed E-state index contributed by atoms with van der Waals surface area (Å²) >= 11 is 0. The molecule has 0 aliphatic carbocycles. The van der Waals surface area contributed by atoms with Crippen molar-refractivity contribution in [2.45, 2.75) is 32.8 Å². The van der Waals surface area contributed by atoms with Gasteiger partial charge in [0, 0.05) is 32.7 Å². The summed E-state index contributed by atoms with van der Waals surface area (Å²) in [5, 5.41) is 3.43. The second kappa shape index (κ2) is 9.84. The second-order valence-corrected chi connectivity index (χ2v) is 6.14. The topological polar surface area (TPSA) is 40.1 Å². The second-order valence-electron chi connectivity index (χ2n) is 6.14. The number of morpholine rings is 1. The van der Waals surface area contributed by atoms with Gasteiger partial charge in [-0.1, -0.05) is 6.92 Å². The van der Waals surface area contributed by atoms with E-state index in [0.29, 0.717) is 0 Å². The van der Waals surface area contributed by atoms with Gasteiger partial charge in [0.2, 0.25) is 0 Å². The molecule has 0 amide bonds. The van der Waals surface area contributed by atoms with E-state index in [1.165, 1.54) is 12.8 Å². The van der Waals surface area contributed by atoms with Crippen molar-refractivity contribution in [1.82, 2.24) is 15.1 Å². The van der Waals surface area contributed by atoms with Crippen LogP contribution in [0.4, 0.5) is 0 Å². The lowest BCUT2D eigenvalue weighted by molar-refractivity contribution is -0.0137. The van der Waals surface area contributed by atoms with E-state index in [9.17, 15) is 0 Å². The molecule has 5 nitrogen and oxygen atoms in total. The molecule has 2 rings (SSSR count). The zero-order chi connectivity index (χ0) is 14.4. The van der Waals surface area contributed by atoms with Crippen molar-refractivity contribution in [3.05, 3.63) is 0 Å². The maximum Gasteiger partial charge on any atom is 0.194 e. The Morgan fingerprint density at radius 2 is 2.14 bits per heavy atom. The lowest BCUT2D eigenvalue weighted by atomic mass is 10.0. The molecule has 124 valence electrons. The number of nitrogens with one attached hydrogen (secondary N) is 1. The zero-order valence-corrected chi connectivity index (χ0v) is 16.0. The van der Waals surface area contributed by atoms with E-state index in [-0.39, 0.29) is 30.1 Å². The van der Waals surface area contributed by atoms with Crippen LogP contribution in [-0.4, -0.2) is 74.8 Å². The van der Waals surface area contributed by atoms with E-state index in [1.807, 2.05) is 0 Å². The van der Waals surface area contributed by atoms with Crippen LogP contribution in [0.15, 0.2) is 4.99 Å². The van der Waals surface area contributed by atoms with Crippen molar-refractivity contribution in [3.8, 4) is 0 Å². The minimum atomic E-state index is 0. The molecule has 0 spiro atoms. The Kier molecular flexibility index (Phi) is 8.89. The summed E-state index contributed by atoms with van der Waals surface area (Å²) in [4.78, 5) is 9.54. The first-order chi connectivity index (χ1) is 9.69. The highest BCUT2D eigenvalue weighted by atomic mass is 127. The molecule has 0 radical (unpaired) electrons. The Hall–Kier alpha value is -0.0800. The summed E-state index contributed by atoms with van der Waals surface area (Å²) in [6, 6.07) is 0. The minimum Gasteiger partial charge on any atom is -0.374 e. The fourth-order valence-electron chi connectivity index (χ4n) is 2.97. The van der Waals surface area contributed by atoms with Gasteiger partial charge in [0.25, 0.3) is 0 Å². The Bertz CT molecular complexity index is 327. The molecule has 0 aromatic carbocycles. The number of halogens is 1. The standard InChI is InChI=1S/C15H30N4O.HI/c1-4-16-15(19-7-5-6-13(2)11-19)17-10-14-12-18(3)8-9-20-14;/h13-14H,4-12H2,1-3H3,(H,16,17);1H. The molecule has 2 heterocycles. The number of piperidine rings is 1. The third kappa shape index (κ3) is 6.28. The van der Waals surface area contributed by atoms with E-state index in [1.54, 1.807) is 0 Å². The van der Waals surface area contributed by atoms with E-state index in [2.05, 4.69) is 36.0 Å². The van der Waals surface area contributed by atoms with Crippen LogP contribution in [0.2, 0.25) is 0 Å². The maximum absolute atomic E-state index is 5.79. The molecule has 2 saturated heterocycles. The normalized spacial score (nSPS) is 28.1. The third-order valence-electron chi connectivity index (χ3n) is 4.08. The number of hydrogen-bond acceptors (Lipinski definition) is 3. The van der Waals surface area contributed by atoms with Crippen LogP contribution in [0.1, 0.15) is 26.7 Å². The molecule has 0 saturated carbocycles. The average molecular weight is 410 g/mol. The molecule has 2 fully saturated rings. The summed E-state index contributed by atoms with van der Waals surface area (Å²) in [5.74, 6) is 1.83. The van der Waals surface area contributed by atoms with Gasteiger partial charge in [-0.3, -0.25) is 4.99 Å². The summed E-state index contributed by atoms with van der Waals surface area (Å²) in [6.07, 6.45) is 2.85. The first kappa shape index (κ1) is 19.0. The van der Waals surface area contributed by atoms with Crippen LogP contribution in [0.5, 0.6) is 0 Å². The Morgan fingerprint density at radius 3 is 2.81 bits per heavy atom. The fraction of sp³-hybridized carbons (Fsp3) is 0.933. The molecule has 0 bridgehead atoms. The first-order valence-electron chi connectivity index (χ1n) is 8.02. The van der Waals surface area contributed by atoms with Gasteiger partial charge in [-0.15, -0.1) is 24.0 Å². The maximum atomic E-state index is 5.79. The van der Waals surface area contributed by atoms with Crippen molar-refractivity contribution in [1.29, 1.82) is 0 Å². The van der Waals surface area contributed by atoms with Crippen molar-refractivity contribution >= 4 is 29.9 Å². The highest BCUT2D eigenvalue weighted by Crippen LogP contribution is 2.15. The molecule has 2 aliphatic rings. The Balaban J connectivity index is 0.00000220. The average Bonchev–Trinajstić information content (AvgIpc) is 2.43. The van der Waals surface area contributed by atoms with Gasteiger partial charge in [0.05, 0.1) is 19.3 Å². The Morgan fingerprint density at radius 1 is 1.33 bits per heavy atom. The van der Waals surface area contributed by atoms with Crippen LogP contribution in [0.25, 0.3) is 0 Å². The largest absolute Gasteiger partial charge is 0.374 e. The number of nitrogens with zero attached hydrogens (tertiary/aromatic N) is 3. The van der Waals surface area contributed by atoms with Crippen molar-refractivity contribution in [2.75, 3.05) is 52.9 Å². The van der Waals surface area contributed by atoms with Crippen LogP contribution < -0.4 is 5.32 Å². The van der Waals surface area contributed by atoms with Crippen molar-refractivity contribution < 1.29 is 4.74 Å². The molecule has 2 aliphatic heterocycles. The van der Waals surface area contributed by atoms with Gasteiger partial charge in [0.1, 0.15) is 0 Å². The van der Waals surface area contributed by atoms with Gasteiger partial charge in [-0.2, -0.15) is 0 Å². The van der Waals surface area contributed by atoms with Crippen molar-refractivity contribution in [3.63, 3.8) is 0 Å². The SMILES string of the molecule is CCNC(=NCC1CN(C)CCO1)N1CCCC(C)C1.I. The molecular weight excluding hydrogens is 379 g/mol. The minimum absolute atomic E-state index is 0. The molecule has 6 heteroatoms. The van der Waals surface area contributed by atoms with Crippen LogP contribution in [0, 0.1) is 5.92 Å². The van der Waals surface area contributed by atoms with Gasteiger partial charge >= 0.3 is 0 Å². The lowest BCUT2D eigenvalue weighted by Gasteiger charge is -2.34. The molecular formula is C15H31IN4O. The number of likely N-dealkylation sites (N-methyl/N-ethyl adjacent to an activating group) is 1. The first-order valence-corrected chi connectivity index (χ1v) is 8.02. The van der Waals surface area contributed by atoms with Gasteiger partial charge in [0.15, 0.2) is 5.96 Å². The summed E-state index contributed by atoms with van der Waals surface area (Å²) < 4.78 is 5.79.